The second-order valence-corrected chi connectivity index (χ2v) is 11.8. The minimum atomic E-state index is -0.804. The van der Waals surface area contributed by atoms with E-state index in [1.807, 2.05) is 26.0 Å². The first kappa shape index (κ1) is 32.8. The summed E-state index contributed by atoms with van der Waals surface area (Å²) in [5, 5.41) is 13.8. The Morgan fingerprint density at radius 1 is 1.08 bits per heavy atom. The van der Waals surface area contributed by atoms with Gasteiger partial charge in [0.25, 0.3) is 0 Å². The molecule has 6 nitrogen and oxygen atoms in total. The highest BCUT2D eigenvalue weighted by Gasteiger charge is 2.29. The molecule has 0 radical (unpaired) electrons. The lowest BCUT2D eigenvalue weighted by atomic mass is 9.81. The number of carbonyl (C=O) groups is 1. The maximum atomic E-state index is 12.7. The number of ether oxygens (including phenoxy) is 2. The SMILES string of the molecule is CCCCC(C)(C)C(=O)NCC(O)C(N)CC(Cc1cc(OCCCOC)ccc1-c1ccccc1)C(C)C. The molecule has 0 aromatic heterocycles. The third kappa shape index (κ3) is 10.9. The molecule has 6 heteroatoms. The van der Waals surface area contributed by atoms with E-state index in [0.717, 1.165) is 37.9 Å². The number of rotatable bonds is 18. The first-order valence-corrected chi connectivity index (χ1v) is 14.6. The lowest BCUT2D eigenvalue weighted by Gasteiger charge is -2.29. The summed E-state index contributed by atoms with van der Waals surface area (Å²) in [5.41, 5.74) is 9.62. The molecule has 0 fully saturated rings. The number of hydrogen-bond acceptors (Lipinski definition) is 5. The molecule has 2 aromatic rings. The summed E-state index contributed by atoms with van der Waals surface area (Å²) in [7, 11) is 1.70. The van der Waals surface area contributed by atoms with Gasteiger partial charge in [-0.3, -0.25) is 4.79 Å². The number of benzene rings is 2. The highest BCUT2D eigenvalue weighted by molar-refractivity contribution is 5.81. The van der Waals surface area contributed by atoms with Crippen LogP contribution in [0.25, 0.3) is 11.1 Å². The van der Waals surface area contributed by atoms with Gasteiger partial charge in [0.2, 0.25) is 5.91 Å². The highest BCUT2D eigenvalue weighted by atomic mass is 16.5. The summed E-state index contributed by atoms with van der Waals surface area (Å²) in [6.45, 7) is 11.9. The number of carbonyl (C=O) groups excluding carboxylic acids is 1. The zero-order chi connectivity index (χ0) is 28.8. The van der Waals surface area contributed by atoms with Crippen LogP contribution in [0, 0.1) is 17.3 Å². The molecule has 2 aromatic carbocycles. The van der Waals surface area contributed by atoms with E-state index >= 15 is 0 Å². The molecule has 0 saturated carbocycles. The molecule has 39 heavy (non-hydrogen) atoms. The number of amides is 1. The summed E-state index contributed by atoms with van der Waals surface area (Å²) in [5.74, 6) is 1.43. The second-order valence-electron chi connectivity index (χ2n) is 11.8. The topological polar surface area (TPSA) is 93.8 Å². The summed E-state index contributed by atoms with van der Waals surface area (Å²) < 4.78 is 11.2. The summed E-state index contributed by atoms with van der Waals surface area (Å²) in [6.07, 6.45) is 4.38. The van der Waals surface area contributed by atoms with Gasteiger partial charge in [-0.25, -0.2) is 0 Å². The van der Waals surface area contributed by atoms with E-state index in [1.54, 1.807) is 7.11 Å². The van der Waals surface area contributed by atoms with E-state index in [1.165, 1.54) is 16.7 Å². The Hall–Kier alpha value is -2.41. The molecule has 0 aliphatic rings. The Labute approximate surface area is 236 Å². The van der Waals surface area contributed by atoms with Crippen LogP contribution in [0.4, 0.5) is 0 Å². The molecule has 4 N–H and O–H groups in total. The van der Waals surface area contributed by atoms with Gasteiger partial charge in [0.15, 0.2) is 0 Å². The van der Waals surface area contributed by atoms with Gasteiger partial charge in [-0.1, -0.05) is 83.9 Å². The van der Waals surface area contributed by atoms with Crippen LogP contribution in [0.1, 0.15) is 72.3 Å². The van der Waals surface area contributed by atoms with Gasteiger partial charge in [0.1, 0.15) is 5.75 Å². The third-order valence-electron chi connectivity index (χ3n) is 7.66. The fourth-order valence-electron chi connectivity index (χ4n) is 4.82. The van der Waals surface area contributed by atoms with Crippen LogP contribution in [0.3, 0.4) is 0 Å². The van der Waals surface area contributed by atoms with Crippen LogP contribution in [0.15, 0.2) is 48.5 Å². The zero-order valence-electron chi connectivity index (χ0n) is 25.0. The zero-order valence-corrected chi connectivity index (χ0v) is 25.0. The van der Waals surface area contributed by atoms with Crippen LogP contribution in [-0.2, 0) is 16.0 Å². The third-order valence-corrected chi connectivity index (χ3v) is 7.66. The maximum absolute atomic E-state index is 12.7. The van der Waals surface area contributed by atoms with Crippen molar-refractivity contribution in [2.45, 2.75) is 85.3 Å². The van der Waals surface area contributed by atoms with E-state index in [0.29, 0.717) is 25.6 Å². The average molecular weight is 541 g/mol. The fraction of sp³-hybridized carbons (Fsp3) is 0.606. The van der Waals surface area contributed by atoms with Crippen LogP contribution < -0.4 is 15.8 Å². The van der Waals surface area contributed by atoms with Crippen molar-refractivity contribution in [1.29, 1.82) is 0 Å². The molecule has 1 amide bonds. The Morgan fingerprint density at radius 3 is 2.44 bits per heavy atom. The summed E-state index contributed by atoms with van der Waals surface area (Å²) >= 11 is 0. The summed E-state index contributed by atoms with van der Waals surface area (Å²) in [4.78, 5) is 12.7. The van der Waals surface area contributed by atoms with Gasteiger partial charge in [-0.05, 0) is 59.9 Å². The van der Waals surface area contributed by atoms with Crippen LogP contribution in [0.2, 0.25) is 0 Å². The van der Waals surface area contributed by atoms with Crippen molar-refractivity contribution in [2.24, 2.45) is 23.0 Å². The number of aliphatic hydroxyl groups excluding tert-OH is 1. The van der Waals surface area contributed by atoms with Crippen molar-refractivity contribution >= 4 is 5.91 Å². The first-order valence-electron chi connectivity index (χ1n) is 14.6. The normalized spacial score (nSPS) is 14.2. The molecule has 0 spiro atoms. The van der Waals surface area contributed by atoms with Crippen LogP contribution in [0.5, 0.6) is 5.75 Å². The first-order chi connectivity index (χ1) is 18.6. The standard InChI is InChI=1S/C33H52N2O4/c1-7-8-17-33(4,5)32(37)35-23-31(36)30(34)22-26(24(2)3)20-27-21-28(39-19-12-18-38-6)15-16-29(27)25-13-10-9-11-14-25/h9-11,13-16,21,24,26,30-31,36H,7-8,12,17-20,22-23,34H2,1-6H3,(H,35,37). The smallest absolute Gasteiger partial charge is 0.225 e. The van der Waals surface area contributed by atoms with E-state index in [9.17, 15) is 9.90 Å². The van der Waals surface area contributed by atoms with E-state index < -0.39 is 17.6 Å². The molecule has 0 aliphatic heterocycles. The predicted octanol–water partition coefficient (Wildman–Crippen LogP) is 5.99. The van der Waals surface area contributed by atoms with Crippen molar-refractivity contribution in [3.8, 4) is 16.9 Å². The quantitative estimate of drug-likeness (QED) is 0.202. The van der Waals surface area contributed by atoms with Crippen molar-refractivity contribution in [3.05, 3.63) is 54.1 Å². The molecule has 3 unspecified atom stereocenters. The lowest BCUT2D eigenvalue weighted by molar-refractivity contribution is -0.130. The van der Waals surface area contributed by atoms with Crippen molar-refractivity contribution in [1.82, 2.24) is 5.32 Å². The molecule has 2 rings (SSSR count). The fourth-order valence-corrected chi connectivity index (χ4v) is 4.82. The van der Waals surface area contributed by atoms with Gasteiger partial charge in [0.05, 0.1) is 12.7 Å². The summed E-state index contributed by atoms with van der Waals surface area (Å²) in [6, 6.07) is 16.3. The number of hydrogen-bond donors (Lipinski definition) is 3. The van der Waals surface area contributed by atoms with E-state index in [2.05, 4.69) is 62.5 Å². The van der Waals surface area contributed by atoms with Gasteiger partial charge in [-0.2, -0.15) is 0 Å². The number of aliphatic hydroxyl groups is 1. The number of methoxy groups -OCH3 is 1. The van der Waals surface area contributed by atoms with Crippen molar-refractivity contribution < 1.29 is 19.4 Å². The molecule has 218 valence electrons. The number of nitrogens with one attached hydrogen (secondary N) is 1. The average Bonchev–Trinajstić information content (AvgIpc) is 2.92. The van der Waals surface area contributed by atoms with Gasteiger partial charge >= 0.3 is 0 Å². The predicted molar refractivity (Wildman–Crippen MR) is 161 cm³/mol. The van der Waals surface area contributed by atoms with E-state index in [4.69, 9.17) is 15.2 Å². The highest BCUT2D eigenvalue weighted by Crippen LogP contribution is 2.32. The van der Waals surface area contributed by atoms with Gasteiger partial charge in [0, 0.05) is 38.1 Å². The molecular formula is C33H52N2O4. The molecule has 0 saturated heterocycles. The Bertz CT molecular complexity index is 977. The number of unbranched alkanes of at least 4 members (excludes halogenated alkanes) is 1. The van der Waals surface area contributed by atoms with Crippen LogP contribution in [-0.4, -0.2) is 50.0 Å². The second kappa shape index (κ2) is 16.6. The van der Waals surface area contributed by atoms with E-state index in [-0.39, 0.29) is 18.4 Å². The molecular weight excluding hydrogens is 488 g/mol. The molecule has 3 atom stereocenters. The monoisotopic (exact) mass is 540 g/mol. The molecule has 0 aliphatic carbocycles. The Balaban J connectivity index is 2.13. The van der Waals surface area contributed by atoms with Crippen molar-refractivity contribution in [2.75, 3.05) is 26.9 Å². The molecule has 0 heterocycles. The van der Waals surface area contributed by atoms with Crippen molar-refractivity contribution in [3.63, 3.8) is 0 Å². The minimum absolute atomic E-state index is 0.0302. The Kier molecular flexibility index (Phi) is 14.0. The van der Waals surface area contributed by atoms with Crippen LogP contribution >= 0.6 is 0 Å². The van der Waals surface area contributed by atoms with Gasteiger partial charge in [-0.15, -0.1) is 0 Å². The number of nitrogens with two attached hydrogens (primary N) is 1. The Morgan fingerprint density at radius 2 is 1.79 bits per heavy atom. The minimum Gasteiger partial charge on any atom is -0.493 e. The largest absolute Gasteiger partial charge is 0.493 e. The van der Waals surface area contributed by atoms with Gasteiger partial charge < -0.3 is 25.6 Å². The molecule has 0 bridgehead atoms. The maximum Gasteiger partial charge on any atom is 0.225 e. The lowest BCUT2D eigenvalue weighted by Crippen LogP contribution is -2.47.